The Morgan fingerprint density at radius 1 is 0.500 bits per heavy atom. The van der Waals surface area contributed by atoms with Gasteiger partial charge in [-0.15, -0.1) is 0 Å². The Balaban J connectivity index is 4.58. The highest BCUT2D eigenvalue weighted by atomic mass is 16.1. The zero-order valence-electron chi connectivity index (χ0n) is 14.9. The molecule has 0 atom stereocenters. The van der Waals surface area contributed by atoms with Gasteiger partial charge in [-0.05, 0) is 39.3 Å². The van der Waals surface area contributed by atoms with Gasteiger partial charge in [0.2, 0.25) is 0 Å². The summed E-state index contributed by atoms with van der Waals surface area (Å²) in [6.45, 7) is 7.74. The third-order valence-corrected chi connectivity index (χ3v) is 2.89. The van der Waals surface area contributed by atoms with E-state index in [9.17, 15) is 9.59 Å². The van der Waals surface area contributed by atoms with Crippen LogP contribution in [0.15, 0.2) is 95.2 Å². The average molecular weight is 322 g/mol. The fourth-order valence-corrected chi connectivity index (χ4v) is 1.52. The summed E-state index contributed by atoms with van der Waals surface area (Å²) in [5.41, 5.74) is 3.95. The Labute approximate surface area is 145 Å². The van der Waals surface area contributed by atoms with Crippen LogP contribution in [0.25, 0.3) is 0 Å². The molecule has 0 bridgehead atoms. The van der Waals surface area contributed by atoms with E-state index in [-0.39, 0.29) is 0 Å². The fraction of sp³-hybridized carbons (Fsp3) is 0.182. The second kappa shape index (κ2) is 13.9. The number of rotatable bonds is 9. The maximum absolute atomic E-state index is 10.5. The van der Waals surface area contributed by atoms with Crippen LogP contribution >= 0.6 is 0 Å². The summed E-state index contributed by atoms with van der Waals surface area (Å²) >= 11 is 0. The van der Waals surface area contributed by atoms with Crippen LogP contribution in [0, 0.1) is 0 Å². The van der Waals surface area contributed by atoms with Gasteiger partial charge in [0.15, 0.2) is 0 Å². The number of aldehydes is 2. The van der Waals surface area contributed by atoms with Gasteiger partial charge in [0, 0.05) is 0 Å². The van der Waals surface area contributed by atoms with Crippen LogP contribution in [0.2, 0.25) is 0 Å². The summed E-state index contributed by atoms with van der Waals surface area (Å²) in [5.74, 6) is 0. The number of carbonyl (C=O) groups is 2. The minimum absolute atomic E-state index is 0.700. The molecule has 0 unspecified atom stereocenters. The number of hydrogen-bond acceptors (Lipinski definition) is 2. The highest BCUT2D eigenvalue weighted by molar-refractivity contribution is 5.72. The molecule has 0 N–H and O–H groups in total. The molecule has 0 amide bonds. The summed E-state index contributed by atoms with van der Waals surface area (Å²) in [5, 5.41) is 0. The standard InChI is InChI=1S/C22H26O2/c1-19(12-7-13-21(3)16-9-17-23)10-5-6-11-20(2)14-8-15-22(4)18-24/h5-18H,1-4H3/b6-5+,12-7+,14-8+,16-9+,19-10+,20-11+,21-13+,22-15+. The molecular weight excluding hydrogens is 296 g/mol. The van der Waals surface area contributed by atoms with Gasteiger partial charge in [0.05, 0.1) is 0 Å². The predicted molar refractivity (Wildman–Crippen MR) is 104 cm³/mol. The molecule has 24 heavy (non-hydrogen) atoms. The molecule has 0 aliphatic rings. The van der Waals surface area contributed by atoms with Crippen LogP contribution in [0.1, 0.15) is 27.7 Å². The van der Waals surface area contributed by atoms with Gasteiger partial charge in [-0.3, -0.25) is 9.59 Å². The van der Waals surface area contributed by atoms with Gasteiger partial charge in [-0.2, -0.15) is 0 Å². The predicted octanol–water partition coefficient (Wildman–Crippen LogP) is 5.39. The molecule has 0 rings (SSSR count). The third kappa shape index (κ3) is 13.0. The van der Waals surface area contributed by atoms with Crippen LogP contribution in [0.3, 0.4) is 0 Å². The maximum Gasteiger partial charge on any atom is 0.145 e. The first-order valence-electron chi connectivity index (χ1n) is 7.78. The van der Waals surface area contributed by atoms with Gasteiger partial charge in [-0.1, -0.05) is 83.6 Å². The van der Waals surface area contributed by atoms with Crippen molar-refractivity contribution < 1.29 is 9.59 Å². The summed E-state index contributed by atoms with van der Waals surface area (Å²) in [4.78, 5) is 20.7. The Morgan fingerprint density at radius 2 is 0.875 bits per heavy atom. The van der Waals surface area contributed by atoms with E-state index in [0.29, 0.717) is 5.57 Å². The zero-order chi connectivity index (χ0) is 18.2. The van der Waals surface area contributed by atoms with Crippen molar-refractivity contribution in [2.75, 3.05) is 0 Å². The molecule has 0 aromatic heterocycles. The van der Waals surface area contributed by atoms with E-state index in [0.717, 1.165) is 29.3 Å². The first-order chi connectivity index (χ1) is 11.5. The van der Waals surface area contributed by atoms with Crippen molar-refractivity contribution in [2.45, 2.75) is 27.7 Å². The van der Waals surface area contributed by atoms with Crippen LogP contribution in [-0.4, -0.2) is 12.6 Å². The van der Waals surface area contributed by atoms with Crippen molar-refractivity contribution in [2.24, 2.45) is 0 Å². The Hall–Kier alpha value is -2.74. The van der Waals surface area contributed by atoms with E-state index in [4.69, 9.17) is 0 Å². The van der Waals surface area contributed by atoms with Gasteiger partial charge in [0.1, 0.15) is 12.6 Å². The van der Waals surface area contributed by atoms with Gasteiger partial charge < -0.3 is 0 Å². The van der Waals surface area contributed by atoms with Crippen molar-refractivity contribution in [1.82, 2.24) is 0 Å². The molecule has 0 aliphatic carbocycles. The molecule has 2 heteroatoms. The molecule has 0 aromatic rings. The minimum Gasteiger partial charge on any atom is -0.299 e. The normalized spacial score (nSPS) is 15.3. The smallest absolute Gasteiger partial charge is 0.145 e. The van der Waals surface area contributed by atoms with E-state index in [1.807, 2.05) is 75.5 Å². The number of allylic oxidation sites excluding steroid dienone is 16. The largest absolute Gasteiger partial charge is 0.299 e. The second-order valence-corrected chi connectivity index (χ2v) is 5.36. The molecule has 2 nitrogen and oxygen atoms in total. The Kier molecular flexibility index (Phi) is 12.3. The molecule has 0 saturated heterocycles. The summed E-state index contributed by atoms with van der Waals surface area (Å²) in [6, 6.07) is 0. The Bertz CT molecular complexity index is 645. The van der Waals surface area contributed by atoms with Gasteiger partial charge in [-0.25, -0.2) is 0 Å². The maximum atomic E-state index is 10.5. The van der Waals surface area contributed by atoms with Crippen molar-refractivity contribution in [3.05, 3.63) is 95.2 Å². The first-order valence-corrected chi connectivity index (χ1v) is 7.78. The van der Waals surface area contributed by atoms with E-state index < -0.39 is 0 Å². The van der Waals surface area contributed by atoms with E-state index >= 15 is 0 Å². The quantitative estimate of drug-likeness (QED) is 0.324. The molecule has 0 aliphatic heterocycles. The molecule has 0 radical (unpaired) electrons. The third-order valence-electron chi connectivity index (χ3n) is 2.89. The topological polar surface area (TPSA) is 34.1 Å². The van der Waals surface area contributed by atoms with Crippen molar-refractivity contribution >= 4 is 12.6 Å². The summed E-state index contributed by atoms with van der Waals surface area (Å²) < 4.78 is 0. The summed E-state index contributed by atoms with van der Waals surface area (Å²) in [6.07, 6.45) is 24.3. The molecule has 0 saturated carbocycles. The van der Waals surface area contributed by atoms with Crippen molar-refractivity contribution in [3.63, 3.8) is 0 Å². The van der Waals surface area contributed by atoms with Crippen molar-refractivity contribution in [3.8, 4) is 0 Å². The van der Waals surface area contributed by atoms with Gasteiger partial charge in [0.25, 0.3) is 0 Å². The van der Waals surface area contributed by atoms with Crippen molar-refractivity contribution in [1.29, 1.82) is 0 Å². The lowest BCUT2D eigenvalue weighted by Gasteiger charge is -1.89. The van der Waals surface area contributed by atoms with Crippen LogP contribution in [0.4, 0.5) is 0 Å². The Morgan fingerprint density at radius 3 is 1.29 bits per heavy atom. The fourth-order valence-electron chi connectivity index (χ4n) is 1.52. The lowest BCUT2D eigenvalue weighted by Crippen LogP contribution is -1.73. The number of carbonyl (C=O) groups excluding carboxylic acids is 2. The molecule has 126 valence electrons. The zero-order valence-corrected chi connectivity index (χ0v) is 14.9. The highest BCUT2D eigenvalue weighted by Crippen LogP contribution is 2.01. The van der Waals surface area contributed by atoms with E-state index in [1.54, 1.807) is 19.1 Å². The molecule has 0 aromatic carbocycles. The summed E-state index contributed by atoms with van der Waals surface area (Å²) in [7, 11) is 0. The first kappa shape index (κ1) is 21.3. The number of hydrogen-bond donors (Lipinski definition) is 0. The van der Waals surface area contributed by atoms with Gasteiger partial charge >= 0.3 is 0 Å². The molecule has 0 heterocycles. The minimum atomic E-state index is 0.700. The lowest BCUT2D eigenvalue weighted by atomic mass is 10.2. The average Bonchev–Trinajstić information content (AvgIpc) is 2.56. The lowest BCUT2D eigenvalue weighted by molar-refractivity contribution is -0.105. The van der Waals surface area contributed by atoms with Crippen LogP contribution < -0.4 is 0 Å². The highest BCUT2D eigenvalue weighted by Gasteiger charge is 1.81. The SMILES string of the molecule is C\C(C=O)=C/C=C/C(C)=C/C=C/C=C(C)/C=C/C=C(C)/C=C/C=O. The molecule has 0 spiro atoms. The monoisotopic (exact) mass is 322 g/mol. The van der Waals surface area contributed by atoms with Crippen LogP contribution in [-0.2, 0) is 9.59 Å². The molecular formula is C22H26O2. The van der Waals surface area contributed by atoms with Crippen LogP contribution in [0.5, 0.6) is 0 Å². The van der Waals surface area contributed by atoms with E-state index in [1.165, 1.54) is 6.08 Å². The molecule has 0 fully saturated rings. The van der Waals surface area contributed by atoms with E-state index in [2.05, 4.69) is 0 Å². The second-order valence-electron chi connectivity index (χ2n) is 5.36.